The molecule has 0 spiro atoms. The monoisotopic (exact) mass is 272 g/mol. The Hall–Kier alpha value is -1.30. The number of hydrogen-bond acceptors (Lipinski definition) is 3. The zero-order valence-corrected chi connectivity index (χ0v) is 11.9. The second kappa shape index (κ2) is 6.75. The van der Waals surface area contributed by atoms with Gasteiger partial charge in [-0.25, -0.2) is 9.59 Å². The number of hydrogen-bond donors (Lipinski definition) is 3. The lowest BCUT2D eigenvalue weighted by Crippen LogP contribution is -2.41. The van der Waals surface area contributed by atoms with Crippen LogP contribution in [-0.4, -0.2) is 42.4 Å². The van der Waals surface area contributed by atoms with Crippen molar-refractivity contribution in [2.24, 2.45) is 5.41 Å². The Morgan fingerprint density at radius 3 is 2.47 bits per heavy atom. The average molecular weight is 272 g/mol. The van der Waals surface area contributed by atoms with Crippen molar-refractivity contribution in [2.45, 2.75) is 52.2 Å². The number of urea groups is 1. The fourth-order valence-corrected chi connectivity index (χ4v) is 1.86. The first kappa shape index (κ1) is 15.8. The molecule has 1 fully saturated rings. The third kappa shape index (κ3) is 6.42. The number of carbonyl (C=O) groups is 2. The molecule has 0 saturated carbocycles. The summed E-state index contributed by atoms with van der Waals surface area (Å²) in [6.07, 6.45) is 1.15. The predicted molar refractivity (Wildman–Crippen MR) is 71.0 cm³/mol. The third-order valence-corrected chi connectivity index (χ3v) is 3.03. The van der Waals surface area contributed by atoms with Gasteiger partial charge in [-0.15, -0.1) is 0 Å². The molecule has 0 bridgehead atoms. The van der Waals surface area contributed by atoms with Gasteiger partial charge in [-0.1, -0.05) is 20.8 Å². The van der Waals surface area contributed by atoms with E-state index in [-0.39, 0.29) is 17.6 Å². The summed E-state index contributed by atoms with van der Waals surface area (Å²) < 4.78 is 5.29. The first-order chi connectivity index (χ1) is 8.78. The molecule has 2 atom stereocenters. The van der Waals surface area contributed by atoms with Crippen LogP contribution in [0.25, 0.3) is 0 Å². The van der Waals surface area contributed by atoms with Crippen LogP contribution in [0.5, 0.6) is 0 Å². The number of amides is 2. The van der Waals surface area contributed by atoms with Gasteiger partial charge in [-0.2, -0.15) is 0 Å². The molecule has 1 rings (SSSR count). The minimum absolute atomic E-state index is 0.191. The van der Waals surface area contributed by atoms with E-state index in [0.29, 0.717) is 25.9 Å². The first-order valence-electron chi connectivity index (χ1n) is 6.68. The number of nitrogens with one attached hydrogen (secondary N) is 2. The van der Waals surface area contributed by atoms with Crippen molar-refractivity contribution in [1.29, 1.82) is 0 Å². The molecule has 0 aromatic heterocycles. The molecule has 6 nitrogen and oxygen atoms in total. The number of carbonyl (C=O) groups excluding carboxylic acids is 1. The van der Waals surface area contributed by atoms with Gasteiger partial charge in [0.15, 0.2) is 6.10 Å². The minimum atomic E-state index is -0.933. The van der Waals surface area contributed by atoms with E-state index in [1.165, 1.54) is 0 Å². The molecule has 3 N–H and O–H groups in total. The topological polar surface area (TPSA) is 87.7 Å². The van der Waals surface area contributed by atoms with E-state index >= 15 is 0 Å². The highest BCUT2D eigenvalue weighted by molar-refractivity contribution is 5.74. The standard InChI is InChI=1S/C13H24N2O4/c1-13(2,3)6-7-14-12(18)15-8-9-4-5-10(19-9)11(16)17/h9-10H,4-8H2,1-3H3,(H,16,17)(H2,14,15,18). The highest BCUT2D eigenvalue weighted by atomic mass is 16.5. The van der Waals surface area contributed by atoms with E-state index in [1.54, 1.807) is 0 Å². The summed E-state index contributed by atoms with van der Waals surface area (Å²) >= 11 is 0. The molecule has 2 unspecified atom stereocenters. The molecule has 1 heterocycles. The SMILES string of the molecule is CC(C)(C)CCNC(=O)NCC1CCC(C(=O)O)O1. The van der Waals surface area contributed by atoms with Gasteiger partial charge in [0.05, 0.1) is 6.10 Å². The van der Waals surface area contributed by atoms with E-state index in [1.807, 2.05) is 0 Å². The van der Waals surface area contributed by atoms with Gasteiger partial charge in [0.2, 0.25) is 0 Å². The van der Waals surface area contributed by atoms with Crippen molar-refractivity contribution in [1.82, 2.24) is 10.6 Å². The van der Waals surface area contributed by atoms with Gasteiger partial charge >= 0.3 is 12.0 Å². The van der Waals surface area contributed by atoms with Gasteiger partial charge in [0.1, 0.15) is 0 Å². The summed E-state index contributed by atoms with van der Waals surface area (Å²) in [6, 6.07) is -0.230. The maximum absolute atomic E-state index is 11.5. The van der Waals surface area contributed by atoms with E-state index in [4.69, 9.17) is 9.84 Å². The van der Waals surface area contributed by atoms with Gasteiger partial charge < -0.3 is 20.5 Å². The molecule has 6 heteroatoms. The van der Waals surface area contributed by atoms with E-state index < -0.39 is 12.1 Å². The Morgan fingerprint density at radius 2 is 1.95 bits per heavy atom. The van der Waals surface area contributed by atoms with Crippen molar-refractivity contribution in [3.63, 3.8) is 0 Å². The van der Waals surface area contributed by atoms with Gasteiger partial charge in [0.25, 0.3) is 0 Å². The fraction of sp³-hybridized carbons (Fsp3) is 0.846. The van der Waals surface area contributed by atoms with Crippen molar-refractivity contribution in [2.75, 3.05) is 13.1 Å². The lowest BCUT2D eigenvalue weighted by molar-refractivity contribution is -0.149. The van der Waals surface area contributed by atoms with Crippen LogP contribution in [0, 0.1) is 5.41 Å². The van der Waals surface area contributed by atoms with E-state index in [9.17, 15) is 9.59 Å². The van der Waals surface area contributed by atoms with Crippen LogP contribution in [-0.2, 0) is 9.53 Å². The summed E-state index contributed by atoms with van der Waals surface area (Å²) in [5.41, 5.74) is 0.191. The smallest absolute Gasteiger partial charge is 0.332 e. The molecule has 19 heavy (non-hydrogen) atoms. The summed E-state index contributed by atoms with van der Waals surface area (Å²) in [7, 11) is 0. The van der Waals surface area contributed by atoms with Crippen molar-refractivity contribution >= 4 is 12.0 Å². The van der Waals surface area contributed by atoms with Gasteiger partial charge in [0, 0.05) is 13.1 Å². The number of carboxylic acids is 1. The highest BCUT2D eigenvalue weighted by Crippen LogP contribution is 2.19. The lowest BCUT2D eigenvalue weighted by Gasteiger charge is -2.18. The predicted octanol–water partition coefficient (Wildman–Crippen LogP) is 1.35. The first-order valence-corrected chi connectivity index (χ1v) is 6.68. The molecular weight excluding hydrogens is 248 g/mol. The molecule has 110 valence electrons. The van der Waals surface area contributed by atoms with Crippen molar-refractivity contribution in [3.8, 4) is 0 Å². The summed E-state index contributed by atoms with van der Waals surface area (Å²) in [4.78, 5) is 22.2. The Kier molecular flexibility index (Phi) is 5.60. The fourth-order valence-electron chi connectivity index (χ4n) is 1.86. The normalized spacial score (nSPS) is 23.1. The maximum Gasteiger partial charge on any atom is 0.332 e. The summed E-state index contributed by atoms with van der Waals surface area (Å²) in [5, 5.41) is 14.3. The number of carboxylic acid groups (broad SMARTS) is 1. The molecule has 0 aromatic carbocycles. The molecule has 0 aromatic rings. The van der Waals surface area contributed by atoms with E-state index in [2.05, 4.69) is 31.4 Å². The summed E-state index contributed by atoms with van der Waals surface area (Å²) in [5.74, 6) is -0.933. The molecule has 2 amide bonds. The Morgan fingerprint density at radius 1 is 1.26 bits per heavy atom. The molecule has 0 radical (unpaired) electrons. The zero-order valence-electron chi connectivity index (χ0n) is 11.9. The highest BCUT2D eigenvalue weighted by Gasteiger charge is 2.30. The number of aliphatic carboxylic acids is 1. The maximum atomic E-state index is 11.5. The van der Waals surface area contributed by atoms with Crippen LogP contribution in [0.3, 0.4) is 0 Å². The van der Waals surface area contributed by atoms with Crippen LogP contribution in [0.2, 0.25) is 0 Å². The van der Waals surface area contributed by atoms with Gasteiger partial charge in [-0.3, -0.25) is 0 Å². The third-order valence-electron chi connectivity index (χ3n) is 3.03. The summed E-state index contributed by atoms with van der Waals surface area (Å²) in [6.45, 7) is 7.32. The number of rotatable bonds is 5. The lowest BCUT2D eigenvalue weighted by atomic mass is 9.92. The van der Waals surface area contributed by atoms with Crippen LogP contribution in [0.4, 0.5) is 4.79 Å². The van der Waals surface area contributed by atoms with Crippen LogP contribution in [0.1, 0.15) is 40.0 Å². The largest absolute Gasteiger partial charge is 0.479 e. The number of ether oxygens (including phenoxy) is 1. The molecule has 1 saturated heterocycles. The van der Waals surface area contributed by atoms with Crippen molar-refractivity contribution in [3.05, 3.63) is 0 Å². The molecule has 1 aliphatic rings. The van der Waals surface area contributed by atoms with Gasteiger partial charge in [-0.05, 0) is 24.7 Å². The minimum Gasteiger partial charge on any atom is -0.479 e. The molecule has 0 aliphatic carbocycles. The van der Waals surface area contributed by atoms with Crippen LogP contribution < -0.4 is 10.6 Å². The average Bonchev–Trinajstić information content (AvgIpc) is 2.73. The zero-order chi connectivity index (χ0) is 14.5. The Labute approximate surface area is 113 Å². The Balaban J connectivity index is 2.12. The quantitative estimate of drug-likeness (QED) is 0.705. The molecule has 1 aliphatic heterocycles. The second-order valence-electron chi connectivity index (χ2n) is 6.11. The van der Waals surface area contributed by atoms with E-state index in [0.717, 1.165) is 6.42 Å². The van der Waals surface area contributed by atoms with Crippen LogP contribution in [0.15, 0.2) is 0 Å². The second-order valence-corrected chi connectivity index (χ2v) is 6.11. The van der Waals surface area contributed by atoms with Crippen molar-refractivity contribution < 1.29 is 19.4 Å². The molecular formula is C13H24N2O4. The van der Waals surface area contributed by atoms with Crippen LogP contribution >= 0.6 is 0 Å². The Bertz CT molecular complexity index is 325.